The minimum absolute atomic E-state index is 0.566. The molecule has 0 fully saturated rings. The first-order chi connectivity index (χ1) is 12.6. The second kappa shape index (κ2) is 7.19. The van der Waals surface area contributed by atoms with E-state index >= 15 is 0 Å². The highest BCUT2D eigenvalue weighted by atomic mass is 35.5. The molecule has 0 radical (unpaired) electrons. The Morgan fingerprint density at radius 1 is 1.31 bits per heavy atom. The van der Waals surface area contributed by atoms with E-state index in [1.54, 1.807) is 11.3 Å². The van der Waals surface area contributed by atoms with Gasteiger partial charge < -0.3 is 9.42 Å². The molecule has 0 atom stereocenters. The van der Waals surface area contributed by atoms with Crippen LogP contribution in [0.15, 0.2) is 40.4 Å². The molecule has 0 N–H and O–H groups in total. The third-order valence-corrected chi connectivity index (χ3v) is 5.23. The van der Waals surface area contributed by atoms with Crippen molar-refractivity contribution in [1.82, 2.24) is 24.4 Å². The lowest BCUT2D eigenvalue weighted by atomic mass is 10.2. The third-order valence-electron chi connectivity index (χ3n) is 4.24. The number of fused-ring (bicyclic) bond motifs is 1. The second-order valence-electron chi connectivity index (χ2n) is 6.21. The molecule has 0 saturated heterocycles. The lowest BCUT2D eigenvalue weighted by Crippen LogP contribution is -2.22. The normalized spacial score (nSPS) is 11.7. The van der Waals surface area contributed by atoms with Crippen molar-refractivity contribution in [3.05, 3.63) is 58.1 Å². The number of hydrogen-bond acceptors (Lipinski definition) is 6. The smallest absolute Gasteiger partial charge is 0.228 e. The summed E-state index contributed by atoms with van der Waals surface area (Å²) in [4.78, 5) is 12.3. The Hall–Kier alpha value is -2.22. The topological polar surface area (TPSA) is 59.5 Å². The summed E-state index contributed by atoms with van der Waals surface area (Å²) in [6.45, 7) is 3.69. The monoisotopic (exact) mass is 387 g/mol. The molecule has 0 aliphatic rings. The number of hydrogen-bond donors (Lipinski definition) is 0. The van der Waals surface area contributed by atoms with Crippen LogP contribution in [0.4, 0.5) is 0 Å². The summed E-state index contributed by atoms with van der Waals surface area (Å²) in [5.74, 6) is 1.19. The van der Waals surface area contributed by atoms with Gasteiger partial charge in [0, 0.05) is 41.7 Å². The maximum atomic E-state index is 6.02. The fraction of sp³-hybridized carbons (Fsp3) is 0.278. The van der Waals surface area contributed by atoms with Crippen LogP contribution < -0.4 is 0 Å². The van der Waals surface area contributed by atoms with Gasteiger partial charge in [-0.1, -0.05) is 28.9 Å². The van der Waals surface area contributed by atoms with Crippen LogP contribution in [0.3, 0.4) is 0 Å². The summed E-state index contributed by atoms with van der Waals surface area (Å²) in [5, 5.41) is 6.77. The Kier molecular flexibility index (Phi) is 4.76. The van der Waals surface area contributed by atoms with Crippen LogP contribution >= 0.6 is 22.9 Å². The fourth-order valence-electron chi connectivity index (χ4n) is 2.85. The largest absolute Gasteiger partial charge is 0.339 e. The van der Waals surface area contributed by atoms with Gasteiger partial charge in [0.2, 0.25) is 11.7 Å². The lowest BCUT2D eigenvalue weighted by molar-refractivity contribution is 0.300. The molecule has 0 bridgehead atoms. The van der Waals surface area contributed by atoms with Gasteiger partial charge in [0.1, 0.15) is 0 Å². The van der Waals surface area contributed by atoms with Gasteiger partial charge in [0.15, 0.2) is 4.96 Å². The Bertz CT molecular complexity index is 1040. The summed E-state index contributed by atoms with van der Waals surface area (Å²) in [5.41, 5.74) is 3.15. The van der Waals surface area contributed by atoms with Crippen molar-refractivity contribution < 1.29 is 4.52 Å². The summed E-state index contributed by atoms with van der Waals surface area (Å²) >= 11 is 7.67. The number of nitrogens with zero attached hydrogens (tertiary/aromatic N) is 5. The van der Waals surface area contributed by atoms with Crippen LogP contribution in [0, 0.1) is 6.92 Å². The first-order valence-corrected chi connectivity index (χ1v) is 9.54. The van der Waals surface area contributed by atoms with Gasteiger partial charge in [-0.15, -0.1) is 11.3 Å². The van der Waals surface area contributed by atoms with E-state index in [4.69, 9.17) is 16.1 Å². The summed E-state index contributed by atoms with van der Waals surface area (Å²) in [6, 6.07) is 7.45. The maximum absolute atomic E-state index is 6.02. The van der Waals surface area contributed by atoms with Gasteiger partial charge in [0.25, 0.3) is 0 Å². The van der Waals surface area contributed by atoms with Crippen molar-refractivity contribution in [2.24, 2.45) is 0 Å². The van der Waals surface area contributed by atoms with Crippen LogP contribution in [-0.4, -0.2) is 38.0 Å². The predicted octanol–water partition coefficient (Wildman–Crippen LogP) is 4.08. The number of aromatic nitrogens is 4. The quantitative estimate of drug-likeness (QED) is 0.499. The molecule has 4 aromatic rings. The number of thiazole rings is 1. The average molecular weight is 388 g/mol. The zero-order valence-corrected chi connectivity index (χ0v) is 16.1. The molecule has 0 saturated carbocycles. The van der Waals surface area contributed by atoms with Gasteiger partial charge in [-0.3, -0.25) is 4.40 Å². The molecule has 6 nitrogen and oxygen atoms in total. The molecular formula is C18H18ClN5OS. The minimum atomic E-state index is 0.566. The van der Waals surface area contributed by atoms with E-state index in [1.807, 2.05) is 24.3 Å². The molecular weight excluding hydrogens is 370 g/mol. The molecule has 1 aromatic carbocycles. The van der Waals surface area contributed by atoms with Crippen molar-refractivity contribution in [3.8, 4) is 11.4 Å². The first-order valence-electron chi connectivity index (χ1n) is 8.28. The molecule has 0 aliphatic heterocycles. The van der Waals surface area contributed by atoms with E-state index in [1.165, 1.54) is 5.69 Å². The number of halogens is 1. The van der Waals surface area contributed by atoms with Crippen LogP contribution in [0.25, 0.3) is 16.3 Å². The van der Waals surface area contributed by atoms with E-state index in [0.29, 0.717) is 23.2 Å². The Morgan fingerprint density at radius 2 is 2.19 bits per heavy atom. The van der Waals surface area contributed by atoms with Gasteiger partial charge in [-0.2, -0.15) is 4.98 Å². The summed E-state index contributed by atoms with van der Waals surface area (Å²) < 4.78 is 7.53. The highest BCUT2D eigenvalue weighted by Gasteiger charge is 2.13. The number of rotatable bonds is 6. The molecule has 0 spiro atoms. The molecule has 0 aliphatic carbocycles. The van der Waals surface area contributed by atoms with Gasteiger partial charge in [-0.25, -0.2) is 4.98 Å². The third kappa shape index (κ3) is 3.51. The first kappa shape index (κ1) is 17.2. The van der Waals surface area contributed by atoms with E-state index in [9.17, 15) is 0 Å². The SMILES string of the molecule is Cc1nc2sccn2c1CN(C)CCc1nc(-c2cccc(Cl)c2)no1. The van der Waals surface area contributed by atoms with Gasteiger partial charge in [0.05, 0.1) is 11.4 Å². The molecule has 3 heterocycles. The van der Waals surface area contributed by atoms with Gasteiger partial charge in [-0.05, 0) is 26.1 Å². The van der Waals surface area contributed by atoms with Crippen molar-refractivity contribution in [2.75, 3.05) is 13.6 Å². The highest BCUT2D eigenvalue weighted by molar-refractivity contribution is 7.15. The van der Waals surface area contributed by atoms with Crippen molar-refractivity contribution in [3.63, 3.8) is 0 Å². The molecule has 0 unspecified atom stereocenters. The number of likely N-dealkylation sites (N-methyl/N-ethyl adjacent to an activating group) is 1. The Labute approximate surface area is 160 Å². The zero-order valence-electron chi connectivity index (χ0n) is 14.5. The highest BCUT2D eigenvalue weighted by Crippen LogP contribution is 2.21. The maximum Gasteiger partial charge on any atom is 0.228 e. The molecule has 4 rings (SSSR count). The number of imidazole rings is 1. The van der Waals surface area contributed by atoms with Crippen molar-refractivity contribution in [2.45, 2.75) is 19.9 Å². The molecule has 26 heavy (non-hydrogen) atoms. The number of benzene rings is 1. The standard InChI is InChI=1S/C18H18ClN5OS/c1-12-15(24-8-9-26-18(24)20-12)11-23(2)7-6-16-21-17(22-25-16)13-4-3-5-14(19)10-13/h3-5,8-10H,6-7,11H2,1-2H3. The Balaban J connectivity index is 1.40. The van der Waals surface area contributed by atoms with E-state index in [2.05, 4.69) is 50.0 Å². The Morgan fingerprint density at radius 3 is 3.04 bits per heavy atom. The molecule has 0 amide bonds. The van der Waals surface area contributed by atoms with Crippen molar-refractivity contribution >= 4 is 27.9 Å². The molecule has 134 valence electrons. The van der Waals surface area contributed by atoms with E-state index in [-0.39, 0.29) is 0 Å². The minimum Gasteiger partial charge on any atom is -0.339 e. The van der Waals surface area contributed by atoms with Gasteiger partial charge >= 0.3 is 0 Å². The fourth-order valence-corrected chi connectivity index (χ4v) is 3.82. The molecule has 3 aromatic heterocycles. The van der Waals surface area contributed by atoms with Crippen LogP contribution in [0.1, 0.15) is 17.3 Å². The van der Waals surface area contributed by atoms with E-state index < -0.39 is 0 Å². The zero-order chi connectivity index (χ0) is 18.1. The molecule has 8 heteroatoms. The lowest BCUT2D eigenvalue weighted by Gasteiger charge is -2.15. The second-order valence-corrected chi connectivity index (χ2v) is 7.52. The van der Waals surface area contributed by atoms with E-state index in [0.717, 1.165) is 29.3 Å². The van der Waals surface area contributed by atoms with Crippen molar-refractivity contribution in [1.29, 1.82) is 0 Å². The van der Waals surface area contributed by atoms with Crippen LogP contribution in [0.2, 0.25) is 5.02 Å². The van der Waals surface area contributed by atoms with Crippen LogP contribution in [0.5, 0.6) is 0 Å². The predicted molar refractivity (Wildman–Crippen MR) is 103 cm³/mol. The summed E-state index contributed by atoms with van der Waals surface area (Å²) in [6.07, 6.45) is 2.76. The average Bonchev–Trinajstić information content (AvgIpc) is 3.32. The number of aryl methyl sites for hydroxylation is 1. The van der Waals surface area contributed by atoms with Crippen LogP contribution in [-0.2, 0) is 13.0 Å². The summed E-state index contributed by atoms with van der Waals surface area (Å²) in [7, 11) is 2.08.